The maximum atomic E-state index is 12.3. The van der Waals surface area contributed by atoms with E-state index >= 15 is 0 Å². The van der Waals surface area contributed by atoms with E-state index in [4.69, 9.17) is 0 Å². The normalized spacial score (nSPS) is 15.4. The first-order chi connectivity index (χ1) is 10.6. The number of thiazole rings is 1. The summed E-state index contributed by atoms with van der Waals surface area (Å²) in [4.78, 5) is 19.4. The predicted molar refractivity (Wildman–Crippen MR) is 89.1 cm³/mol. The average Bonchev–Trinajstić information content (AvgIpc) is 3.20. The Kier molecular flexibility index (Phi) is 4.16. The minimum absolute atomic E-state index is 0.0185. The highest BCUT2D eigenvalue weighted by atomic mass is 32.1. The molecule has 5 heteroatoms. The van der Waals surface area contributed by atoms with Crippen molar-refractivity contribution in [3.05, 3.63) is 52.0 Å². The van der Waals surface area contributed by atoms with E-state index < -0.39 is 0 Å². The van der Waals surface area contributed by atoms with Gasteiger partial charge in [0, 0.05) is 23.9 Å². The number of urea groups is 1. The minimum Gasteiger partial charge on any atom is -0.333 e. The van der Waals surface area contributed by atoms with Crippen molar-refractivity contribution in [1.82, 2.24) is 15.2 Å². The fourth-order valence-electron chi connectivity index (χ4n) is 2.79. The molecule has 2 aromatic rings. The van der Waals surface area contributed by atoms with Gasteiger partial charge >= 0.3 is 6.03 Å². The second-order valence-electron chi connectivity index (χ2n) is 6.02. The average molecular weight is 315 g/mol. The lowest BCUT2D eigenvalue weighted by Crippen LogP contribution is -2.41. The van der Waals surface area contributed by atoms with Crippen molar-refractivity contribution in [2.24, 2.45) is 0 Å². The van der Waals surface area contributed by atoms with Gasteiger partial charge in [-0.1, -0.05) is 30.3 Å². The molecule has 0 aliphatic heterocycles. The first-order valence-corrected chi connectivity index (χ1v) is 8.42. The molecular formula is C17H21N3OS. The molecule has 3 rings (SSSR count). The van der Waals surface area contributed by atoms with Crippen molar-refractivity contribution < 1.29 is 4.79 Å². The van der Waals surface area contributed by atoms with Crippen LogP contribution in [0.2, 0.25) is 0 Å². The third-order valence-electron chi connectivity index (χ3n) is 4.37. The number of hydrogen-bond acceptors (Lipinski definition) is 3. The number of nitrogens with one attached hydrogen (secondary N) is 1. The van der Waals surface area contributed by atoms with E-state index in [1.165, 1.54) is 5.56 Å². The Balaban J connectivity index is 1.57. The second kappa shape index (κ2) is 6.08. The highest BCUT2D eigenvalue weighted by molar-refractivity contribution is 7.09. The van der Waals surface area contributed by atoms with Gasteiger partial charge in [0.1, 0.15) is 0 Å². The topological polar surface area (TPSA) is 45.2 Å². The highest BCUT2D eigenvalue weighted by Crippen LogP contribution is 2.48. The summed E-state index contributed by atoms with van der Waals surface area (Å²) in [6, 6.07) is 10.5. The largest absolute Gasteiger partial charge is 0.333 e. The van der Waals surface area contributed by atoms with Crippen molar-refractivity contribution in [3.8, 4) is 0 Å². The van der Waals surface area contributed by atoms with Crippen LogP contribution in [0.1, 0.15) is 29.0 Å². The van der Waals surface area contributed by atoms with Crippen LogP contribution in [-0.2, 0) is 12.0 Å². The monoisotopic (exact) mass is 315 g/mol. The van der Waals surface area contributed by atoms with Gasteiger partial charge < -0.3 is 10.2 Å². The number of carbonyl (C=O) groups excluding carboxylic acids is 1. The summed E-state index contributed by atoms with van der Waals surface area (Å²) in [6.07, 6.45) is 2.31. The molecule has 0 unspecified atom stereocenters. The molecule has 1 aliphatic carbocycles. The standard InChI is InChI=1S/C17H21N3OS/c1-13-15(22-12-19-13)10-18-16(21)20(2)11-17(8-9-17)14-6-4-3-5-7-14/h3-7,12H,8-11H2,1-2H3,(H,18,21). The number of nitrogens with zero attached hydrogens (tertiary/aromatic N) is 2. The molecule has 0 radical (unpaired) electrons. The van der Waals surface area contributed by atoms with E-state index in [2.05, 4.69) is 34.6 Å². The molecule has 1 aromatic carbocycles. The van der Waals surface area contributed by atoms with Crippen LogP contribution in [0, 0.1) is 6.92 Å². The van der Waals surface area contributed by atoms with Crippen LogP contribution in [0.3, 0.4) is 0 Å². The van der Waals surface area contributed by atoms with Gasteiger partial charge in [-0.2, -0.15) is 0 Å². The Hall–Kier alpha value is -1.88. The molecule has 1 aromatic heterocycles. The van der Waals surface area contributed by atoms with Crippen LogP contribution < -0.4 is 5.32 Å². The molecule has 1 saturated carbocycles. The van der Waals surface area contributed by atoms with Crippen LogP contribution in [0.25, 0.3) is 0 Å². The number of aryl methyl sites for hydroxylation is 1. The first-order valence-electron chi connectivity index (χ1n) is 7.54. The Morgan fingerprint density at radius 3 is 2.68 bits per heavy atom. The van der Waals surface area contributed by atoms with Gasteiger partial charge in [-0.05, 0) is 25.3 Å². The zero-order chi connectivity index (χ0) is 15.6. The molecule has 2 amide bonds. The first kappa shape index (κ1) is 15.0. The summed E-state index contributed by atoms with van der Waals surface area (Å²) < 4.78 is 0. The number of hydrogen-bond donors (Lipinski definition) is 1. The Morgan fingerprint density at radius 2 is 2.09 bits per heavy atom. The molecule has 0 spiro atoms. The number of benzene rings is 1. The van der Waals surface area contributed by atoms with Crippen molar-refractivity contribution >= 4 is 17.4 Å². The van der Waals surface area contributed by atoms with E-state index in [0.717, 1.165) is 30.0 Å². The lowest BCUT2D eigenvalue weighted by atomic mass is 9.95. The van der Waals surface area contributed by atoms with Crippen molar-refractivity contribution in [3.63, 3.8) is 0 Å². The van der Waals surface area contributed by atoms with Crippen LogP contribution in [0.5, 0.6) is 0 Å². The third-order valence-corrected chi connectivity index (χ3v) is 5.31. The lowest BCUT2D eigenvalue weighted by Gasteiger charge is -2.24. The molecule has 0 bridgehead atoms. The predicted octanol–water partition coefficient (Wildman–Crippen LogP) is 3.32. The molecule has 1 aliphatic rings. The van der Waals surface area contributed by atoms with Gasteiger partial charge in [0.2, 0.25) is 0 Å². The van der Waals surface area contributed by atoms with Gasteiger partial charge in [0.25, 0.3) is 0 Å². The SMILES string of the molecule is Cc1ncsc1CNC(=O)N(C)CC1(c2ccccc2)CC1. The van der Waals surface area contributed by atoms with E-state index in [1.54, 1.807) is 16.2 Å². The molecule has 1 fully saturated rings. The third kappa shape index (κ3) is 3.14. The molecular weight excluding hydrogens is 294 g/mol. The Bertz CT molecular complexity index is 649. The van der Waals surface area contributed by atoms with Crippen LogP contribution in [0.4, 0.5) is 4.79 Å². The van der Waals surface area contributed by atoms with Gasteiger partial charge in [-0.15, -0.1) is 11.3 Å². The number of amides is 2. The van der Waals surface area contributed by atoms with Gasteiger partial charge in [-0.3, -0.25) is 0 Å². The lowest BCUT2D eigenvalue weighted by molar-refractivity contribution is 0.204. The van der Waals surface area contributed by atoms with E-state index in [-0.39, 0.29) is 11.4 Å². The molecule has 1 heterocycles. The number of carbonyl (C=O) groups is 1. The molecule has 116 valence electrons. The van der Waals surface area contributed by atoms with Crippen LogP contribution in [0.15, 0.2) is 35.8 Å². The fourth-order valence-corrected chi connectivity index (χ4v) is 3.51. The zero-order valence-electron chi connectivity index (χ0n) is 13.0. The molecule has 4 nitrogen and oxygen atoms in total. The van der Waals surface area contributed by atoms with E-state index in [9.17, 15) is 4.79 Å². The Morgan fingerprint density at radius 1 is 1.36 bits per heavy atom. The Labute approximate surface area is 135 Å². The quantitative estimate of drug-likeness (QED) is 0.920. The number of likely N-dealkylation sites (N-methyl/N-ethyl adjacent to an activating group) is 1. The highest BCUT2D eigenvalue weighted by Gasteiger charge is 2.45. The van der Waals surface area contributed by atoms with E-state index in [0.29, 0.717) is 6.54 Å². The van der Waals surface area contributed by atoms with Crippen molar-refractivity contribution in [2.75, 3.05) is 13.6 Å². The smallest absolute Gasteiger partial charge is 0.317 e. The number of aromatic nitrogens is 1. The van der Waals surface area contributed by atoms with Crippen molar-refractivity contribution in [1.29, 1.82) is 0 Å². The maximum Gasteiger partial charge on any atom is 0.317 e. The van der Waals surface area contributed by atoms with Crippen LogP contribution in [-0.4, -0.2) is 29.5 Å². The summed E-state index contributed by atoms with van der Waals surface area (Å²) in [5.41, 5.74) is 4.31. The molecule has 0 saturated heterocycles. The van der Waals surface area contributed by atoms with Gasteiger partial charge in [0.15, 0.2) is 0 Å². The summed E-state index contributed by atoms with van der Waals surface area (Å²) in [7, 11) is 1.87. The summed E-state index contributed by atoms with van der Waals surface area (Å²) in [6.45, 7) is 3.29. The molecule has 0 atom stereocenters. The van der Waals surface area contributed by atoms with Gasteiger partial charge in [0.05, 0.1) is 17.7 Å². The minimum atomic E-state index is -0.0185. The van der Waals surface area contributed by atoms with Crippen LogP contribution >= 0.6 is 11.3 Å². The van der Waals surface area contributed by atoms with E-state index in [1.807, 2.05) is 25.5 Å². The second-order valence-corrected chi connectivity index (χ2v) is 6.96. The maximum absolute atomic E-state index is 12.3. The summed E-state index contributed by atoms with van der Waals surface area (Å²) in [5, 5.41) is 2.98. The number of rotatable bonds is 5. The summed E-state index contributed by atoms with van der Waals surface area (Å²) in [5.74, 6) is 0. The fraction of sp³-hybridized carbons (Fsp3) is 0.412. The summed E-state index contributed by atoms with van der Waals surface area (Å²) >= 11 is 1.58. The molecule has 1 N–H and O–H groups in total. The van der Waals surface area contributed by atoms with Gasteiger partial charge in [-0.25, -0.2) is 9.78 Å². The molecule has 22 heavy (non-hydrogen) atoms. The van der Waals surface area contributed by atoms with Crippen molar-refractivity contribution in [2.45, 2.75) is 31.7 Å². The zero-order valence-corrected chi connectivity index (χ0v) is 13.8.